The largest absolute Gasteiger partial charge is 0.391 e. The zero-order valence-corrected chi connectivity index (χ0v) is 11.8. The fourth-order valence-electron chi connectivity index (χ4n) is 1.87. The van der Waals surface area contributed by atoms with Gasteiger partial charge in [0.15, 0.2) is 0 Å². The van der Waals surface area contributed by atoms with E-state index >= 15 is 0 Å². The average Bonchev–Trinajstić information content (AvgIpc) is 2.70. The van der Waals surface area contributed by atoms with Gasteiger partial charge in [-0.25, -0.2) is 4.98 Å². The van der Waals surface area contributed by atoms with Crippen LogP contribution < -0.4 is 4.90 Å². The van der Waals surface area contributed by atoms with Crippen LogP contribution in [0.4, 0.5) is 5.13 Å². The second-order valence-corrected chi connectivity index (χ2v) is 6.66. The number of hydrogen-bond acceptors (Lipinski definition) is 5. The second-order valence-electron chi connectivity index (χ2n) is 5.93. The topological polar surface area (TPSA) is 49.2 Å². The molecule has 1 aliphatic heterocycles. The van der Waals surface area contributed by atoms with Crippen LogP contribution in [0.3, 0.4) is 0 Å². The zero-order valence-electron chi connectivity index (χ0n) is 11.0. The Hall–Kier alpha value is -0.680. The third-order valence-electron chi connectivity index (χ3n) is 3.28. The molecule has 5 heteroatoms. The molecule has 2 atom stereocenters. The molecule has 4 nitrogen and oxygen atoms in total. The van der Waals surface area contributed by atoms with Crippen molar-refractivity contribution in [3.63, 3.8) is 0 Å². The molecule has 96 valence electrons. The SMILES string of the molecule is CC1CCN(c2nc(C(C)(C)C)ns2)CC1O. The van der Waals surface area contributed by atoms with Gasteiger partial charge in [0, 0.05) is 30.0 Å². The first-order chi connectivity index (χ1) is 7.88. The highest BCUT2D eigenvalue weighted by atomic mass is 32.1. The lowest BCUT2D eigenvalue weighted by Gasteiger charge is -2.33. The summed E-state index contributed by atoms with van der Waals surface area (Å²) >= 11 is 1.44. The minimum Gasteiger partial charge on any atom is -0.391 e. The number of aromatic nitrogens is 2. The van der Waals surface area contributed by atoms with E-state index in [1.54, 1.807) is 0 Å². The van der Waals surface area contributed by atoms with Crippen molar-refractivity contribution in [1.29, 1.82) is 0 Å². The molecule has 2 unspecified atom stereocenters. The molecule has 1 aromatic heterocycles. The molecule has 1 aromatic rings. The van der Waals surface area contributed by atoms with Crippen molar-refractivity contribution in [1.82, 2.24) is 9.36 Å². The Bertz CT molecular complexity index is 385. The van der Waals surface area contributed by atoms with Crippen LogP contribution in [0.15, 0.2) is 0 Å². The summed E-state index contributed by atoms with van der Waals surface area (Å²) in [6.07, 6.45) is 0.775. The maximum atomic E-state index is 9.89. The number of hydrogen-bond donors (Lipinski definition) is 1. The summed E-state index contributed by atoms with van der Waals surface area (Å²) in [6, 6.07) is 0. The molecular formula is C12H21N3OS. The maximum absolute atomic E-state index is 9.89. The van der Waals surface area contributed by atoms with Gasteiger partial charge >= 0.3 is 0 Å². The normalized spacial score (nSPS) is 26.3. The molecule has 0 amide bonds. The summed E-state index contributed by atoms with van der Waals surface area (Å²) < 4.78 is 4.41. The van der Waals surface area contributed by atoms with Crippen LogP contribution in [-0.4, -0.2) is 33.7 Å². The molecule has 0 saturated carbocycles. The summed E-state index contributed by atoms with van der Waals surface area (Å²) in [5, 5.41) is 10.8. The predicted molar refractivity (Wildman–Crippen MR) is 70.6 cm³/mol. The molecular weight excluding hydrogens is 234 g/mol. The molecule has 17 heavy (non-hydrogen) atoms. The molecule has 2 heterocycles. The van der Waals surface area contributed by atoms with Gasteiger partial charge in [0.25, 0.3) is 0 Å². The molecule has 0 aromatic carbocycles. The lowest BCUT2D eigenvalue weighted by atomic mass is 9.96. The van der Waals surface area contributed by atoms with Gasteiger partial charge < -0.3 is 10.0 Å². The van der Waals surface area contributed by atoms with Gasteiger partial charge in [-0.15, -0.1) is 0 Å². The summed E-state index contributed by atoms with van der Waals surface area (Å²) in [4.78, 5) is 6.74. The van der Waals surface area contributed by atoms with Crippen molar-refractivity contribution >= 4 is 16.7 Å². The van der Waals surface area contributed by atoms with E-state index in [2.05, 4.69) is 42.0 Å². The van der Waals surface area contributed by atoms with Gasteiger partial charge in [-0.3, -0.25) is 0 Å². The van der Waals surface area contributed by atoms with Crippen LogP contribution in [0.1, 0.15) is 39.9 Å². The van der Waals surface area contributed by atoms with Gasteiger partial charge in [0.05, 0.1) is 6.10 Å². The first-order valence-electron chi connectivity index (χ1n) is 6.15. The van der Waals surface area contributed by atoms with Crippen LogP contribution in [0, 0.1) is 5.92 Å². The highest BCUT2D eigenvalue weighted by Crippen LogP contribution is 2.28. The van der Waals surface area contributed by atoms with E-state index in [1.165, 1.54) is 11.5 Å². The standard InChI is InChI=1S/C12H21N3OS/c1-8-5-6-15(7-9(8)16)11-13-10(14-17-11)12(2,3)4/h8-9,16H,5-7H2,1-4H3. The van der Waals surface area contributed by atoms with Crippen LogP contribution in [0.5, 0.6) is 0 Å². The number of nitrogens with zero attached hydrogens (tertiary/aromatic N) is 3. The molecule has 0 bridgehead atoms. The van der Waals surface area contributed by atoms with E-state index in [4.69, 9.17) is 0 Å². The Labute approximate surface area is 107 Å². The smallest absolute Gasteiger partial charge is 0.205 e. The van der Waals surface area contributed by atoms with E-state index < -0.39 is 0 Å². The minimum absolute atomic E-state index is 0.00353. The Kier molecular flexibility index (Phi) is 3.41. The molecule has 0 radical (unpaired) electrons. The summed E-state index contributed by atoms with van der Waals surface area (Å²) in [5.41, 5.74) is -0.00353. The lowest BCUT2D eigenvalue weighted by Crippen LogP contribution is -2.42. The van der Waals surface area contributed by atoms with E-state index in [-0.39, 0.29) is 11.5 Å². The Balaban J connectivity index is 2.11. The third-order valence-corrected chi connectivity index (χ3v) is 4.05. The van der Waals surface area contributed by atoms with E-state index in [1.807, 2.05) is 0 Å². The number of piperidine rings is 1. The van der Waals surface area contributed by atoms with Crippen molar-refractivity contribution in [2.75, 3.05) is 18.0 Å². The van der Waals surface area contributed by atoms with Gasteiger partial charge in [0.2, 0.25) is 5.13 Å². The maximum Gasteiger partial charge on any atom is 0.205 e. The second kappa shape index (κ2) is 4.53. The van der Waals surface area contributed by atoms with Crippen LogP contribution in [0.2, 0.25) is 0 Å². The molecule has 2 rings (SSSR count). The van der Waals surface area contributed by atoms with E-state index in [0.717, 1.165) is 23.9 Å². The zero-order chi connectivity index (χ0) is 12.6. The van der Waals surface area contributed by atoms with Crippen LogP contribution in [0.25, 0.3) is 0 Å². The van der Waals surface area contributed by atoms with Crippen molar-refractivity contribution in [2.45, 2.75) is 45.6 Å². The van der Waals surface area contributed by atoms with Crippen LogP contribution in [-0.2, 0) is 5.41 Å². The molecule has 1 aliphatic rings. The van der Waals surface area contributed by atoms with E-state index in [0.29, 0.717) is 12.5 Å². The number of β-amino-alcohol motifs (C(OH)–C–C–N with tert-alkyl or cyclic N) is 1. The van der Waals surface area contributed by atoms with Gasteiger partial charge in [-0.2, -0.15) is 4.37 Å². The van der Waals surface area contributed by atoms with Crippen LogP contribution >= 0.6 is 11.5 Å². The number of anilines is 1. The number of aliphatic hydroxyl groups excluding tert-OH is 1. The summed E-state index contributed by atoms with van der Waals surface area (Å²) in [7, 11) is 0. The lowest BCUT2D eigenvalue weighted by molar-refractivity contribution is 0.103. The van der Waals surface area contributed by atoms with Gasteiger partial charge in [-0.05, 0) is 12.3 Å². The quantitative estimate of drug-likeness (QED) is 0.834. The predicted octanol–water partition coefficient (Wildman–Crippen LogP) is 2.04. The fourth-order valence-corrected chi connectivity index (χ4v) is 2.76. The van der Waals surface area contributed by atoms with Gasteiger partial charge in [-0.1, -0.05) is 27.7 Å². The number of rotatable bonds is 1. The Morgan fingerprint density at radius 1 is 1.41 bits per heavy atom. The summed E-state index contributed by atoms with van der Waals surface area (Å²) in [5.74, 6) is 1.28. The van der Waals surface area contributed by atoms with E-state index in [9.17, 15) is 5.11 Å². The first kappa shape index (κ1) is 12.8. The molecule has 1 fully saturated rings. The molecule has 1 saturated heterocycles. The van der Waals surface area contributed by atoms with Crippen molar-refractivity contribution < 1.29 is 5.11 Å². The Morgan fingerprint density at radius 3 is 2.65 bits per heavy atom. The highest BCUT2D eigenvalue weighted by molar-refractivity contribution is 7.09. The molecule has 0 spiro atoms. The highest BCUT2D eigenvalue weighted by Gasteiger charge is 2.27. The first-order valence-corrected chi connectivity index (χ1v) is 6.92. The van der Waals surface area contributed by atoms with Gasteiger partial charge in [0.1, 0.15) is 5.82 Å². The van der Waals surface area contributed by atoms with Crippen molar-refractivity contribution in [3.8, 4) is 0 Å². The van der Waals surface area contributed by atoms with Crippen molar-refractivity contribution in [2.24, 2.45) is 5.92 Å². The summed E-state index contributed by atoms with van der Waals surface area (Å²) in [6.45, 7) is 10.1. The fraction of sp³-hybridized carbons (Fsp3) is 0.833. The third kappa shape index (κ3) is 2.77. The number of aliphatic hydroxyl groups is 1. The minimum atomic E-state index is -0.245. The average molecular weight is 255 g/mol. The Morgan fingerprint density at radius 2 is 2.12 bits per heavy atom. The monoisotopic (exact) mass is 255 g/mol. The van der Waals surface area contributed by atoms with Crippen molar-refractivity contribution in [3.05, 3.63) is 5.82 Å². The molecule has 0 aliphatic carbocycles. The molecule has 1 N–H and O–H groups in total.